The maximum atomic E-state index is 12.4. The number of ketones is 1. The molecule has 108 valence electrons. The van der Waals surface area contributed by atoms with E-state index in [2.05, 4.69) is 10.6 Å². The molecular weight excluding hydrogens is 272 g/mol. The third-order valence-corrected chi connectivity index (χ3v) is 4.55. The lowest BCUT2D eigenvalue weighted by Gasteiger charge is -2.21. The van der Waals surface area contributed by atoms with Crippen LogP contribution in [0.5, 0.6) is 0 Å². The maximum absolute atomic E-state index is 12.4. The number of piperidine rings is 1. The average molecular weight is 293 g/mol. The maximum Gasteiger partial charge on any atom is 0.166 e. The van der Waals surface area contributed by atoms with Crippen LogP contribution in [0.3, 0.4) is 0 Å². The number of rotatable bonds is 5. The lowest BCUT2D eigenvalue weighted by molar-refractivity contribution is 0.0895. The Labute approximate surface area is 125 Å². The quantitative estimate of drug-likeness (QED) is 0.818. The Kier molecular flexibility index (Phi) is 4.27. The van der Waals surface area contributed by atoms with Gasteiger partial charge in [-0.25, -0.2) is 0 Å². The van der Waals surface area contributed by atoms with Gasteiger partial charge in [0.2, 0.25) is 0 Å². The molecule has 0 unspecified atom stereocenters. The molecule has 1 aromatic rings. The van der Waals surface area contributed by atoms with Crippen LogP contribution in [0.4, 0.5) is 5.69 Å². The molecule has 1 aliphatic heterocycles. The molecule has 2 fully saturated rings. The number of carbonyl (C=O) groups excluding carboxylic acids is 1. The number of carbonyl (C=O) groups is 1. The largest absolute Gasteiger partial charge is 0.384 e. The Bertz CT molecular complexity index is 493. The summed E-state index contributed by atoms with van der Waals surface area (Å²) in [6.45, 7) is 2.86. The van der Waals surface area contributed by atoms with Gasteiger partial charge in [-0.1, -0.05) is 11.6 Å². The first kappa shape index (κ1) is 13.9. The predicted molar refractivity (Wildman–Crippen MR) is 82.6 cm³/mol. The van der Waals surface area contributed by atoms with Gasteiger partial charge >= 0.3 is 0 Å². The molecule has 0 bridgehead atoms. The van der Waals surface area contributed by atoms with Crippen LogP contribution in [-0.4, -0.2) is 25.4 Å². The Morgan fingerprint density at radius 1 is 1.25 bits per heavy atom. The Morgan fingerprint density at radius 3 is 2.65 bits per heavy atom. The normalized spacial score (nSPS) is 19.9. The molecule has 20 heavy (non-hydrogen) atoms. The molecular formula is C16H21ClN2O. The molecule has 1 aliphatic carbocycles. The first-order chi connectivity index (χ1) is 9.74. The van der Waals surface area contributed by atoms with Crippen molar-refractivity contribution < 1.29 is 4.79 Å². The second-order valence-electron chi connectivity index (χ2n) is 5.91. The molecule has 1 saturated carbocycles. The number of nitrogens with one attached hydrogen (secondary N) is 2. The molecule has 1 aromatic carbocycles. The number of benzene rings is 1. The highest BCUT2D eigenvalue weighted by atomic mass is 35.5. The van der Waals surface area contributed by atoms with Crippen molar-refractivity contribution >= 4 is 23.1 Å². The van der Waals surface area contributed by atoms with Crippen molar-refractivity contribution in [3.8, 4) is 0 Å². The number of anilines is 1. The lowest BCUT2D eigenvalue weighted by Crippen LogP contribution is -2.31. The van der Waals surface area contributed by atoms with Crippen LogP contribution in [-0.2, 0) is 0 Å². The van der Waals surface area contributed by atoms with E-state index in [1.165, 1.54) is 12.8 Å². The van der Waals surface area contributed by atoms with Crippen molar-refractivity contribution in [2.24, 2.45) is 11.8 Å². The number of Topliss-reactive ketones (excluding diaryl/α,β-unsaturated/α-hetero) is 1. The fourth-order valence-electron chi connectivity index (χ4n) is 2.71. The van der Waals surface area contributed by atoms with E-state index < -0.39 is 0 Å². The Morgan fingerprint density at radius 2 is 2.00 bits per heavy atom. The van der Waals surface area contributed by atoms with Crippen LogP contribution in [0.1, 0.15) is 36.0 Å². The standard InChI is InChI=1S/C16H21ClN2O/c17-14-9-13(16(20)12-5-7-18-8-6-12)3-4-15(14)19-10-11-1-2-11/h3-4,9,11-12,18-19H,1-2,5-8,10H2. The van der Waals surface area contributed by atoms with Crippen molar-refractivity contribution in [2.75, 3.05) is 25.0 Å². The van der Waals surface area contributed by atoms with Crippen molar-refractivity contribution in [1.29, 1.82) is 0 Å². The fraction of sp³-hybridized carbons (Fsp3) is 0.562. The SMILES string of the molecule is O=C(c1ccc(NCC2CC2)c(Cl)c1)C1CCNCC1. The number of hydrogen-bond acceptors (Lipinski definition) is 3. The first-order valence-electron chi connectivity index (χ1n) is 7.52. The number of halogens is 1. The average Bonchev–Trinajstić information content (AvgIpc) is 3.30. The van der Waals surface area contributed by atoms with Gasteiger partial charge in [0.25, 0.3) is 0 Å². The van der Waals surface area contributed by atoms with E-state index in [1.54, 1.807) is 0 Å². The third kappa shape index (κ3) is 3.33. The van der Waals surface area contributed by atoms with E-state index in [9.17, 15) is 4.79 Å². The zero-order valence-electron chi connectivity index (χ0n) is 11.6. The summed E-state index contributed by atoms with van der Waals surface area (Å²) in [4.78, 5) is 12.4. The molecule has 0 radical (unpaired) electrons. The van der Waals surface area contributed by atoms with Crippen LogP contribution in [0, 0.1) is 11.8 Å². The molecule has 0 aromatic heterocycles. The minimum atomic E-state index is 0.151. The van der Waals surface area contributed by atoms with Crippen LogP contribution in [0.25, 0.3) is 0 Å². The van der Waals surface area contributed by atoms with Gasteiger partial charge in [0.05, 0.1) is 10.7 Å². The van der Waals surface area contributed by atoms with Gasteiger partial charge < -0.3 is 10.6 Å². The van der Waals surface area contributed by atoms with E-state index in [4.69, 9.17) is 11.6 Å². The summed E-state index contributed by atoms with van der Waals surface area (Å²) < 4.78 is 0. The highest BCUT2D eigenvalue weighted by molar-refractivity contribution is 6.33. The third-order valence-electron chi connectivity index (χ3n) is 4.24. The zero-order chi connectivity index (χ0) is 13.9. The van der Waals surface area contributed by atoms with Crippen LogP contribution in [0.15, 0.2) is 18.2 Å². The molecule has 2 N–H and O–H groups in total. The molecule has 3 nitrogen and oxygen atoms in total. The zero-order valence-corrected chi connectivity index (χ0v) is 12.4. The molecule has 1 heterocycles. The van der Waals surface area contributed by atoms with E-state index in [0.717, 1.165) is 49.6 Å². The topological polar surface area (TPSA) is 41.1 Å². The smallest absolute Gasteiger partial charge is 0.166 e. The summed E-state index contributed by atoms with van der Waals surface area (Å²) >= 11 is 6.29. The summed E-state index contributed by atoms with van der Waals surface area (Å²) in [6, 6.07) is 5.67. The number of hydrogen-bond donors (Lipinski definition) is 2. The van der Waals surface area contributed by atoms with Gasteiger partial charge in [-0.3, -0.25) is 4.79 Å². The van der Waals surface area contributed by atoms with Crippen molar-refractivity contribution in [3.63, 3.8) is 0 Å². The molecule has 0 spiro atoms. The van der Waals surface area contributed by atoms with Crippen molar-refractivity contribution in [3.05, 3.63) is 28.8 Å². The molecule has 2 aliphatic rings. The molecule has 1 saturated heterocycles. The summed E-state index contributed by atoms with van der Waals surface area (Å²) in [6.07, 6.45) is 4.49. The minimum absolute atomic E-state index is 0.151. The van der Waals surface area contributed by atoms with Gasteiger partial charge in [-0.05, 0) is 62.9 Å². The van der Waals surface area contributed by atoms with Crippen molar-refractivity contribution in [1.82, 2.24) is 5.32 Å². The Balaban J connectivity index is 1.66. The van der Waals surface area contributed by atoms with Crippen LogP contribution < -0.4 is 10.6 Å². The summed E-state index contributed by atoms with van der Waals surface area (Å²) in [5, 5.41) is 7.31. The van der Waals surface area contributed by atoms with Gasteiger partial charge in [0.1, 0.15) is 0 Å². The summed E-state index contributed by atoms with van der Waals surface area (Å²) in [5.41, 5.74) is 1.69. The molecule has 4 heteroatoms. The molecule has 0 atom stereocenters. The van der Waals surface area contributed by atoms with E-state index >= 15 is 0 Å². The minimum Gasteiger partial charge on any atom is -0.384 e. The van der Waals surface area contributed by atoms with Gasteiger partial charge in [0, 0.05) is 18.0 Å². The first-order valence-corrected chi connectivity index (χ1v) is 7.90. The van der Waals surface area contributed by atoms with E-state index in [1.807, 2.05) is 18.2 Å². The highest BCUT2D eigenvalue weighted by Gasteiger charge is 2.23. The summed E-state index contributed by atoms with van der Waals surface area (Å²) in [7, 11) is 0. The van der Waals surface area contributed by atoms with E-state index in [-0.39, 0.29) is 11.7 Å². The summed E-state index contributed by atoms with van der Waals surface area (Å²) in [5.74, 6) is 1.20. The predicted octanol–water partition coefficient (Wildman–Crippen LogP) is 3.34. The highest BCUT2D eigenvalue weighted by Crippen LogP contribution is 2.31. The second-order valence-corrected chi connectivity index (χ2v) is 6.31. The monoisotopic (exact) mass is 292 g/mol. The van der Waals surface area contributed by atoms with Gasteiger partial charge in [0.15, 0.2) is 5.78 Å². The van der Waals surface area contributed by atoms with Gasteiger partial charge in [-0.15, -0.1) is 0 Å². The second kappa shape index (κ2) is 6.15. The molecule has 3 rings (SSSR count). The lowest BCUT2D eigenvalue weighted by atomic mass is 9.89. The fourth-order valence-corrected chi connectivity index (χ4v) is 2.96. The van der Waals surface area contributed by atoms with E-state index in [0.29, 0.717) is 5.02 Å². The molecule has 0 amide bonds. The van der Waals surface area contributed by atoms with Crippen molar-refractivity contribution in [2.45, 2.75) is 25.7 Å². The van der Waals surface area contributed by atoms with Gasteiger partial charge in [-0.2, -0.15) is 0 Å². The Hall–Kier alpha value is -1.06. The van der Waals surface area contributed by atoms with Crippen LogP contribution >= 0.6 is 11.6 Å². The van der Waals surface area contributed by atoms with Crippen LogP contribution in [0.2, 0.25) is 5.02 Å².